The average molecular weight is 386 g/mol. The summed E-state index contributed by atoms with van der Waals surface area (Å²) in [5.41, 5.74) is 1.92. The summed E-state index contributed by atoms with van der Waals surface area (Å²) in [4.78, 5) is 16.5. The van der Waals surface area contributed by atoms with Crippen LogP contribution in [0.25, 0.3) is 0 Å². The van der Waals surface area contributed by atoms with Crippen LogP contribution in [-0.4, -0.2) is 23.7 Å². The van der Waals surface area contributed by atoms with Crippen molar-refractivity contribution in [2.24, 2.45) is 0 Å². The standard InChI is InChI=1S/C22H18N4O3/c23-13-16-7-5-11-24-21(16)29-20-10-4-2-8-18(20)26-22(27)25-14-17-12-15-6-1-3-9-19(15)28-17/h1-11,17H,12,14H2,(H2,25,26,27)/t17-/m0/s1. The van der Waals surface area contributed by atoms with Crippen LogP contribution < -0.4 is 20.1 Å². The highest BCUT2D eigenvalue weighted by molar-refractivity contribution is 5.91. The Morgan fingerprint density at radius 3 is 2.86 bits per heavy atom. The van der Waals surface area contributed by atoms with Crippen molar-refractivity contribution in [1.29, 1.82) is 5.26 Å². The summed E-state index contributed by atoms with van der Waals surface area (Å²) in [6, 6.07) is 19.8. The van der Waals surface area contributed by atoms with E-state index in [-0.39, 0.29) is 18.0 Å². The number of nitriles is 1. The highest BCUT2D eigenvalue weighted by atomic mass is 16.5. The van der Waals surface area contributed by atoms with Crippen LogP contribution >= 0.6 is 0 Å². The number of aromatic nitrogens is 1. The quantitative estimate of drug-likeness (QED) is 0.694. The molecule has 7 nitrogen and oxygen atoms in total. The van der Waals surface area contributed by atoms with Crippen LogP contribution in [0.1, 0.15) is 11.1 Å². The number of fused-ring (bicyclic) bond motifs is 1. The van der Waals surface area contributed by atoms with Crippen molar-refractivity contribution < 1.29 is 14.3 Å². The molecule has 4 rings (SSSR count). The van der Waals surface area contributed by atoms with Gasteiger partial charge in [-0.3, -0.25) is 0 Å². The monoisotopic (exact) mass is 386 g/mol. The van der Waals surface area contributed by atoms with Crippen LogP contribution in [0.15, 0.2) is 66.9 Å². The molecule has 0 radical (unpaired) electrons. The Bertz CT molecular complexity index is 1050. The number of nitrogens with zero attached hydrogens (tertiary/aromatic N) is 2. The Balaban J connectivity index is 1.37. The largest absolute Gasteiger partial charge is 0.488 e. The Morgan fingerprint density at radius 2 is 2.00 bits per heavy atom. The molecule has 0 spiro atoms. The minimum Gasteiger partial charge on any atom is -0.488 e. The molecule has 1 atom stereocenters. The van der Waals surface area contributed by atoms with E-state index in [1.54, 1.807) is 42.6 Å². The molecule has 7 heteroatoms. The zero-order valence-electron chi connectivity index (χ0n) is 15.5. The van der Waals surface area contributed by atoms with Crippen molar-refractivity contribution in [3.05, 3.63) is 78.0 Å². The Kier molecular flexibility index (Phi) is 5.25. The number of hydrogen-bond donors (Lipinski definition) is 2. The fourth-order valence-corrected chi connectivity index (χ4v) is 3.06. The minimum absolute atomic E-state index is 0.101. The third-order valence-corrected chi connectivity index (χ3v) is 4.44. The molecule has 2 amide bonds. The van der Waals surface area contributed by atoms with Crippen LogP contribution in [0.5, 0.6) is 17.4 Å². The molecule has 0 saturated heterocycles. The van der Waals surface area contributed by atoms with Crippen molar-refractivity contribution in [3.8, 4) is 23.4 Å². The van der Waals surface area contributed by atoms with Gasteiger partial charge in [-0.25, -0.2) is 9.78 Å². The number of para-hydroxylation sites is 3. The van der Waals surface area contributed by atoms with Crippen molar-refractivity contribution in [3.63, 3.8) is 0 Å². The molecule has 144 valence electrons. The number of anilines is 1. The molecular weight excluding hydrogens is 368 g/mol. The molecular formula is C22H18N4O3. The van der Waals surface area contributed by atoms with Crippen LogP contribution in [-0.2, 0) is 6.42 Å². The van der Waals surface area contributed by atoms with Gasteiger partial charge in [0.2, 0.25) is 5.88 Å². The second kappa shape index (κ2) is 8.31. The lowest BCUT2D eigenvalue weighted by atomic mass is 10.1. The maximum Gasteiger partial charge on any atom is 0.319 e. The number of nitrogens with one attached hydrogen (secondary N) is 2. The lowest BCUT2D eigenvalue weighted by Crippen LogP contribution is -2.37. The number of urea groups is 1. The molecule has 1 aliphatic rings. The SMILES string of the molecule is N#Cc1cccnc1Oc1ccccc1NC(=O)NC[C@@H]1Cc2ccccc2O1. The summed E-state index contributed by atoms with van der Waals surface area (Å²) in [5.74, 6) is 1.44. The number of benzene rings is 2. The normalized spacial score (nSPS) is 14.2. The minimum atomic E-state index is -0.373. The van der Waals surface area contributed by atoms with Gasteiger partial charge in [0.1, 0.15) is 23.5 Å². The first-order valence-corrected chi connectivity index (χ1v) is 9.14. The van der Waals surface area contributed by atoms with Crippen molar-refractivity contribution in [1.82, 2.24) is 10.3 Å². The predicted octanol–water partition coefficient (Wildman–Crippen LogP) is 3.87. The summed E-state index contributed by atoms with van der Waals surface area (Å²) in [7, 11) is 0. The molecule has 1 aromatic heterocycles. The summed E-state index contributed by atoms with van der Waals surface area (Å²) in [6.07, 6.45) is 2.20. The number of rotatable bonds is 5. The van der Waals surface area contributed by atoms with E-state index >= 15 is 0 Å². The summed E-state index contributed by atoms with van der Waals surface area (Å²) >= 11 is 0. The van der Waals surface area contributed by atoms with Gasteiger partial charge < -0.3 is 20.1 Å². The van der Waals surface area contributed by atoms with Crippen molar-refractivity contribution in [2.45, 2.75) is 12.5 Å². The fraction of sp³-hybridized carbons (Fsp3) is 0.136. The van der Waals surface area contributed by atoms with Gasteiger partial charge in [-0.1, -0.05) is 30.3 Å². The van der Waals surface area contributed by atoms with Crippen LogP contribution in [0.4, 0.5) is 10.5 Å². The number of amides is 2. The molecule has 0 saturated carbocycles. The Morgan fingerprint density at radius 1 is 1.17 bits per heavy atom. The number of pyridine rings is 1. The lowest BCUT2D eigenvalue weighted by molar-refractivity contribution is 0.219. The van der Waals surface area contributed by atoms with Crippen LogP contribution in [0.2, 0.25) is 0 Å². The molecule has 1 aliphatic heterocycles. The first kappa shape index (κ1) is 18.3. The first-order valence-electron chi connectivity index (χ1n) is 9.14. The molecule has 2 N–H and O–H groups in total. The van der Waals surface area contributed by atoms with Gasteiger partial charge in [-0.05, 0) is 35.9 Å². The maximum atomic E-state index is 12.4. The van der Waals surface area contributed by atoms with E-state index in [1.165, 1.54) is 0 Å². The molecule has 0 unspecified atom stereocenters. The topological polar surface area (TPSA) is 96.3 Å². The van der Waals surface area contributed by atoms with E-state index in [2.05, 4.69) is 15.6 Å². The van der Waals surface area contributed by atoms with Gasteiger partial charge in [0.05, 0.1) is 12.2 Å². The highest BCUT2D eigenvalue weighted by Gasteiger charge is 2.22. The first-order chi connectivity index (χ1) is 14.2. The highest BCUT2D eigenvalue weighted by Crippen LogP contribution is 2.30. The average Bonchev–Trinajstić information content (AvgIpc) is 3.17. The van der Waals surface area contributed by atoms with E-state index in [1.807, 2.05) is 30.3 Å². The number of ether oxygens (including phenoxy) is 2. The molecule has 29 heavy (non-hydrogen) atoms. The summed E-state index contributed by atoms with van der Waals surface area (Å²) in [5, 5.41) is 14.8. The summed E-state index contributed by atoms with van der Waals surface area (Å²) in [6.45, 7) is 0.377. The molecule has 0 aliphatic carbocycles. The Labute approximate surface area is 167 Å². The Hall–Kier alpha value is -4.05. The van der Waals surface area contributed by atoms with Gasteiger partial charge in [0.15, 0.2) is 5.75 Å². The fourth-order valence-electron chi connectivity index (χ4n) is 3.06. The number of hydrogen-bond acceptors (Lipinski definition) is 5. The molecule has 2 aromatic carbocycles. The van der Waals surface area contributed by atoms with Gasteiger partial charge in [-0.2, -0.15) is 5.26 Å². The third-order valence-electron chi connectivity index (χ3n) is 4.44. The van der Waals surface area contributed by atoms with E-state index < -0.39 is 0 Å². The van der Waals surface area contributed by atoms with Gasteiger partial charge in [0, 0.05) is 12.6 Å². The van der Waals surface area contributed by atoms with Crippen LogP contribution in [0.3, 0.4) is 0 Å². The van der Waals surface area contributed by atoms with E-state index in [0.29, 0.717) is 23.5 Å². The second-order valence-corrected chi connectivity index (χ2v) is 6.45. The zero-order valence-corrected chi connectivity index (χ0v) is 15.5. The molecule has 0 bridgehead atoms. The van der Waals surface area contributed by atoms with E-state index in [4.69, 9.17) is 9.47 Å². The smallest absolute Gasteiger partial charge is 0.319 e. The number of carbonyl (C=O) groups is 1. The van der Waals surface area contributed by atoms with Gasteiger partial charge >= 0.3 is 6.03 Å². The zero-order chi connectivity index (χ0) is 20.1. The summed E-state index contributed by atoms with van der Waals surface area (Å²) < 4.78 is 11.6. The van der Waals surface area contributed by atoms with Crippen molar-refractivity contribution >= 4 is 11.7 Å². The maximum absolute atomic E-state index is 12.4. The van der Waals surface area contributed by atoms with E-state index in [9.17, 15) is 10.1 Å². The second-order valence-electron chi connectivity index (χ2n) is 6.45. The van der Waals surface area contributed by atoms with Gasteiger partial charge in [0.25, 0.3) is 0 Å². The lowest BCUT2D eigenvalue weighted by Gasteiger charge is -2.15. The van der Waals surface area contributed by atoms with E-state index in [0.717, 1.165) is 17.7 Å². The van der Waals surface area contributed by atoms with Crippen molar-refractivity contribution in [2.75, 3.05) is 11.9 Å². The van der Waals surface area contributed by atoms with Gasteiger partial charge in [-0.15, -0.1) is 0 Å². The molecule has 0 fully saturated rings. The molecule has 3 aromatic rings. The number of carbonyl (C=O) groups excluding carboxylic acids is 1. The van der Waals surface area contributed by atoms with Crippen LogP contribution in [0, 0.1) is 11.3 Å². The third kappa shape index (κ3) is 4.28. The predicted molar refractivity (Wildman–Crippen MR) is 107 cm³/mol. The molecule has 2 heterocycles.